The average molecular weight is 492 g/mol. The van der Waals surface area contributed by atoms with E-state index in [1.807, 2.05) is 30.3 Å². The molecule has 5 N–H and O–H groups in total. The maximum atomic E-state index is 13.8. The Hall–Kier alpha value is -2.63. The average Bonchev–Trinajstić information content (AvgIpc) is 2.83. The van der Waals surface area contributed by atoms with Gasteiger partial charge in [-0.05, 0) is 73.3 Å². The standard InChI is InChI=1S/C30H41N3O3/c1-17(2)20-16-30-14-11-21-28(3,22(30)15-19(20)23(25(31)34)24(30)26(32)35)12-8-13-29(21,4)27(36)33-18-9-6-5-7-10-18/h5-7,9-10,16-17,19,21-24H,8,11-15H2,1-4H3,(H2,31,34)(H2,32,35)(H,33,36). The first-order valence-electron chi connectivity index (χ1n) is 13.6. The van der Waals surface area contributed by atoms with Crippen molar-refractivity contribution >= 4 is 23.4 Å². The zero-order valence-corrected chi connectivity index (χ0v) is 22.1. The van der Waals surface area contributed by atoms with Crippen LogP contribution in [0.2, 0.25) is 0 Å². The van der Waals surface area contributed by atoms with Crippen LogP contribution in [0, 0.1) is 51.8 Å². The molecule has 0 saturated heterocycles. The Kier molecular flexibility index (Phi) is 5.88. The highest BCUT2D eigenvalue weighted by atomic mass is 16.2. The third-order valence-corrected chi connectivity index (χ3v) is 10.9. The van der Waals surface area contributed by atoms with Crippen molar-refractivity contribution < 1.29 is 14.4 Å². The number of hydrogen-bond donors (Lipinski definition) is 3. The number of amides is 3. The Bertz CT molecular complexity index is 1110. The molecule has 3 amide bonds. The zero-order valence-electron chi connectivity index (χ0n) is 22.1. The fraction of sp³-hybridized carbons (Fsp3) is 0.633. The number of benzene rings is 1. The summed E-state index contributed by atoms with van der Waals surface area (Å²) < 4.78 is 0. The first kappa shape index (κ1) is 25.0. The molecule has 3 saturated carbocycles. The Balaban J connectivity index is 1.57. The molecule has 0 heterocycles. The number of carbonyl (C=O) groups is 3. The molecule has 194 valence electrons. The molecule has 36 heavy (non-hydrogen) atoms. The normalized spacial score (nSPS) is 41.1. The van der Waals surface area contributed by atoms with Crippen molar-refractivity contribution in [3.63, 3.8) is 0 Å². The molecule has 6 rings (SSSR count). The van der Waals surface area contributed by atoms with E-state index in [1.54, 1.807) is 0 Å². The number of hydrogen-bond acceptors (Lipinski definition) is 3. The van der Waals surface area contributed by atoms with Gasteiger partial charge in [0.2, 0.25) is 17.7 Å². The summed E-state index contributed by atoms with van der Waals surface area (Å²) in [4.78, 5) is 39.6. The van der Waals surface area contributed by atoms with Crippen molar-refractivity contribution in [3.05, 3.63) is 42.0 Å². The highest BCUT2D eigenvalue weighted by molar-refractivity contribution is 5.95. The van der Waals surface area contributed by atoms with Crippen molar-refractivity contribution in [2.75, 3.05) is 5.32 Å². The summed E-state index contributed by atoms with van der Waals surface area (Å²) in [6, 6.07) is 9.67. The Morgan fingerprint density at radius 3 is 2.28 bits per heavy atom. The molecule has 1 aromatic carbocycles. The van der Waals surface area contributed by atoms with Gasteiger partial charge in [0.15, 0.2) is 0 Å². The second-order valence-corrected chi connectivity index (χ2v) is 12.8. The van der Waals surface area contributed by atoms with Crippen LogP contribution in [0.15, 0.2) is 42.0 Å². The van der Waals surface area contributed by atoms with Crippen LogP contribution in [0.25, 0.3) is 0 Å². The van der Waals surface area contributed by atoms with E-state index >= 15 is 0 Å². The summed E-state index contributed by atoms with van der Waals surface area (Å²) in [5, 5.41) is 3.19. The van der Waals surface area contributed by atoms with Crippen LogP contribution in [-0.2, 0) is 14.4 Å². The van der Waals surface area contributed by atoms with E-state index in [0.717, 1.165) is 44.2 Å². The number of nitrogens with two attached hydrogens (primary N) is 2. The number of rotatable bonds is 5. The maximum Gasteiger partial charge on any atom is 0.230 e. The van der Waals surface area contributed by atoms with E-state index in [-0.39, 0.29) is 35.0 Å². The number of allylic oxidation sites excluding steroid dienone is 2. The molecule has 1 spiro atoms. The van der Waals surface area contributed by atoms with Crippen LogP contribution in [-0.4, -0.2) is 17.7 Å². The molecule has 0 radical (unpaired) electrons. The van der Waals surface area contributed by atoms with Gasteiger partial charge in [-0.3, -0.25) is 14.4 Å². The summed E-state index contributed by atoms with van der Waals surface area (Å²) in [5.41, 5.74) is 13.0. The van der Waals surface area contributed by atoms with Gasteiger partial charge in [0.05, 0.1) is 17.3 Å². The van der Waals surface area contributed by atoms with Gasteiger partial charge < -0.3 is 16.8 Å². The Labute approximate surface area is 214 Å². The lowest BCUT2D eigenvalue weighted by atomic mass is 9.34. The van der Waals surface area contributed by atoms with Crippen LogP contribution >= 0.6 is 0 Å². The minimum atomic E-state index is -0.578. The van der Waals surface area contributed by atoms with E-state index in [2.05, 4.69) is 39.1 Å². The number of nitrogens with one attached hydrogen (secondary N) is 1. The molecule has 5 aliphatic rings. The fourth-order valence-corrected chi connectivity index (χ4v) is 9.48. The van der Waals surface area contributed by atoms with Gasteiger partial charge in [0.25, 0.3) is 0 Å². The largest absolute Gasteiger partial charge is 0.369 e. The Morgan fingerprint density at radius 2 is 1.67 bits per heavy atom. The second-order valence-electron chi connectivity index (χ2n) is 12.8. The molecule has 1 aromatic rings. The van der Waals surface area contributed by atoms with Gasteiger partial charge >= 0.3 is 0 Å². The number of anilines is 1. The fourth-order valence-electron chi connectivity index (χ4n) is 9.48. The molecule has 6 nitrogen and oxygen atoms in total. The molecular formula is C30H41N3O3. The lowest BCUT2D eigenvalue weighted by molar-refractivity contribution is -0.190. The van der Waals surface area contributed by atoms with Gasteiger partial charge in [0.1, 0.15) is 0 Å². The maximum absolute atomic E-state index is 13.8. The van der Waals surface area contributed by atoms with E-state index in [4.69, 9.17) is 11.5 Å². The third kappa shape index (κ3) is 3.39. The molecule has 3 fully saturated rings. The van der Waals surface area contributed by atoms with E-state index in [0.29, 0.717) is 0 Å². The summed E-state index contributed by atoms with van der Waals surface area (Å²) in [5.74, 6) is -1.26. The van der Waals surface area contributed by atoms with Crippen molar-refractivity contribution in [1.29, 1.82) is 0 Å². The van der Waals surface area contributed by atoms with Crippen LogP contribution in [0.1, 0.15) is 66.2 Å². The SMILES string of the molecule is CC(C)C1=CC23CCC4C(C)(C(=O)Nc5ccccc5)CCCC4(C)C2CC1C(C(N)=O)C3C(N)=O. The van der Waals surface area contributed by atoms with Crippen LogP contribution in [0.5, 0.6) is 0 Å². The molecule has 0 aromatic heterocycles. The molecule has 8 unspecified atom stereocenters. The lowest BCUT2D eigenvalue weighted by Gasteiger charge is -2.69. The van der Waals surface area contributed by atoms with Crippen LogP contribution < -0.4 is 16.8 Å². The summed E-state index contributed by atoms with van der Waals surface area (Å²) in [6.45, 7) is 8.81. The van der Waals surface area contributed by atoms with Crippen molar-refractivity contribution in [3.8, 4) is 0 Å². The first-order valence-corrected chi connectivity index (χ1v) is 13.6. The summed E-state index contributed by atoms with van der Waals surface area (Å²) >= 11 is 0. The topological polar surface area (TPSA) is 115 Å². The molecule has 0 aliphatic heterocycles. The predicted octanol–water partition coefficient (Wildman–Crippen LogP) is 4.65. The molecular weight excluding hydrogens is 450 g/mol. The van der Waals surface area contributed by atoms with Crippen LogP contribution in [0.4, 0.5) is 5.69 Å². The minimum Gasteiger partial charge on any atom is -0.369 e. The van der Waals surface area contributed by atoms with Crippen LogP contribution in [0.3, 0.4) is 0 Å². The molecule has 8 atom stereocenters. The molecule has 5 aliphatic carbocycles. The van der Waals surface area contributed by atoms with E-state index < -0.39 is 34.5 Å². The summed E-state index contributed by atoms with van der Waals surface area (Å²) in [7, 11) is 0. The number of para-hydroxylation sites is 1. The highest BCUT2D eigenvalue weighted by Crippen LogP contribution is 2.73. The minimum absolute atomic E-state index is 0.0613. The van der Waals surface area contributed by atoms with Crippen molar-refractivity contribution in [2.24, 2.45) is 63.2 Å². The zero-order chi connectivity index (χ0) is 26.0. The second kappa shape index (κ2) is 8.46. The quantitative estimate of drug-likeness (QED) is 0.521. The van der Waals surface area contributed by atoms with Crippen molar-refractivity contribution in [1.82, 2.24) is 0 Å². The van der Waals surface area contributed by atoms with Gasteiger partial charge in [-0.1, -0.05) is 64.0 Å². The first-order chi connectivity index (χ1) is 17.0. The number of primary amides is 2. The van der Waals surface area contributed by atoms with Crippen molar-refractivity contribution in [2.45, 2.75) is 66.2 Å². The lowest BCUT2D eigenvalue weighted by Crippen LogP contribution is -2.67. The Morgan fingerprint density at radius 1 is 0.972 bits per heavy atom. The summed E-state index contributed by atoms with van der Waals surface area (Å²) in [6.07, 6.45) is 7.60. The molecule has 6 heteroatoms. The van der Waals surface area contributed by atoms with Gasteiger partial charge in [-0.25, -0.2) is 0 Å². The smallest absolute Gasteiger partial charge is 0.230 e. The van der Waals surface area contributed by atoms with Gasteiger partial charge in [-0.15, -0.1) is 0 Å². The third-order valence-electron chi connectivity index (χ3n) is 10.9. The molecule has 2 bridgehead atoms. The number of carbonyl (C=O) groups excluding carboxylic acids is 3. The monoisotopic (exact) mass is 491 g/mol. The van der Waals surface area contributed by atoms with E-state index in [1.165, 1.54) is 5.57 Å². The number of fused-ring (bicyclic) bond motifs is 2. The predicted molar refractivity (Wildman–Crippen MR) is 140 cm³/mol. The van der Waals surface area contributed by atoms with Gasteiger partial charge in [-0.2, -0.15) is 0 Å². The van der Waals surface area contributed by atoms with E-state index in [9.17, 15) is 14.4 Å². The highest BCUT2D eigenvalue weighted by Gasteiger charge is 2.70. The van der Waals surface area contributed by atoms with Gasteiger partial charge in [0, 0.05) is 11.1 Å².